The van der Waals surface area contributed by atoms with Crippen LogP contribution in [0.5, 0.6) is 0 Å². The number of sulfone groups is 1. The predicted octanol–water partition coefficient (Wildman–Crippen LogP) is 0.909. The monoisotopic (exact) mass is 387 g/mol. The number of carbonyl (C=O) groups is 1. The summed E-state index contributed by atoms with van der Waals surface area (Å²) in [5.74, 6) is -0.385. The normalized spacial score (nSPS) is 12.4. The highest BCUT2D eigenvalue weighted by molar-refractivity contribution is 7.92. The zero-order chi connectivity index (χ0) is 18.4. The smallest absolute Gasteiger partial charge is 0.411 e. The van der Waals surface area contributed by atoms with E-state index in [0.29, 0.717) is 24.2 Å². The van der Waals surface area contributed by atoms with Crippen LogP contribution >= 0.6 is 0 Å². The zero-order valence-electron chi connectivity index (χ0n) is 14.0. The molecular formula is C14H21N3O6SSi. The number of ether oxygens (including phenoxy) is 2. The fourth-order valence-corrected chi connectivity index (χ4v) is 6.62. The SMILES string of the molecule is CCOC(OCC)[SiH2]CS(=O)(=O)c1ccc2[nH]c(NC(=O)O)nc2c1. The van der Waals surface area contributed by atoms with Crippen LogP contribution in [-0.2, 0) is 19.3 Å². The molecule has 11 heteroatoms. The minimum absolute atomic E-state index is 0.00777. The first kappa shape index (κ1) is 19.4. The number of nitrogens with zero attached hydrogens (tertiary/aromatic N) is 1. The second-order valence-electron chi connectivity index (χ2n) is 5.14. The molecule has 3 N–H and O–H groups in total. The van der Waals surface area contributed by atoms with E-state index in [9.17, 15) is 13.2 Å². The van der Waals surface area contributed by atoms with Gasteiger partial charge in [0.2, 0.25) is 5.95 Å². The second kappa shape index (κ2) is 8.42. The molecular weight excluding hydrogens is 366 g/mol. The summed E-state index contributed by atoms with van der Waals surface area (Å²) in [4.78, 5) is 17.6. The second-order valence-corrected chi connectivity index (χ2v) is 9.72. The summed E-state index contributed by atoms with van der Waals surface area (Å²) in [5, 5.41) is 10.8. The lowest BCUT2D eigenvalue weighted by Gasteiger charge is -2.16. The molecule has 25 heavy (non-hydrogen) atoms. The van der Waals surface area contributed by atoms with Crippen molar-refractivity contribution in [3.05, 3.63) is 18.2 Å². The van der Waals surface area contributed by atoms with Crippen molar-refractivity contribution in [3.8, 4) is 0 Å². The Hall–Kier alpha value is -1.95. The number of benzene rings is 1. The highest BCUT2D eigenvalue weighted by Crippen LogP contribution is 2.20. The van der Waals surface area contributed by atoms with Crippen LogP contribution in [0.4, 0.5) is 10.7 Å². The maximum Gasteiger partial charge on any atom is 0.411 e. The molecule has 1 aromatic heterocycles. The minimum atomic E-state index is -3.49. The Kier molecular flexibility index (Phi) is 6.53. The number of aromatic amines is 1. The molecule has 0 aliphatic heterocycles. The Bertz CT molecular complexity index is 832. The first-order valence-corrected chi connectivity index (χ1v) is 11.3. The molecule has 2 aromatic rings. The Labute approximate surface area is 147 Å². The summed E-state index contributed by atoms with van der Waals surface area (Å²) < 4.78 is 35.9. The van der Waals surface area contributed by atoms with Gasteiger partial charge in [0.1, 0.15) is 15.4 Å². The fraction of sp³-hybridized carbons (Fsp3) is 0.429. The predicted molar refractivity (Wildman–Crippen MR) is 95.4 cm³/mol. The quantitative estimate of drug-likeness (QED) is 0.430. The van der Waals surface area contributed by atoms with Gasteiger partial charge in [0.15, 0.2) is 9.84 Å². The van der Waals surface area contributed by atoms with Crippen LogP contribution in [0.1, 0.15) is 13.8 Å². The van der Waals surface area contributed by atoms with Gasteiger partial charge in [0, 0.05) is 18.6 Å². The Morgan fingerprint density at radius 3 is 2.64 bits per heavy atom. The van der Waals surface area contributed by atoms with Gasteiger partial charge in [-0.3, -0.25) is 5.32 Å². The van der Waals surface area contributed by atoms with Crippen molar-refractivity contribution in [1.82, 2.24) is 9.97 Å². The molecule has 0 saturated carbocycles. The lowest BCUT2D eigenvalue weighted by atomic mass is 10.3. The number of nitrogens with one attached hydrogen (secondary N) is 2. The summed E-state index contributed by atoms with van der Waals surface area (Å²) in [6.07, 6.45) is -1.25. The molecule has 0 unspecified atom stereocenters. The third-order valence-corrected chi connectivity index (χ3v) is 8.37. The molecule has 1 heterocycles. The van der Waals surface area contributed by atoms with Gasteiger partial charge in [-0.15, -0.1) is 0 Å². The summed E-state index contributed by atoms with van der Waals surface area (Å²) in [7, 11) is -4.64. The molecule has 1 aromatic carbocycles. The van der Waals surface area contributed by atoms with Crippen molar-refractivity contribution >= 4 is 42.4 Å². The maximum absolute atomic E-state index is 12.5. The average molecular weight is 387 g/mol. The van der Waals surface area contributed by atoms with Crippen molar-refractivity contribution in [2.24, 2.45) is 0 Å². The minimum Gasteiger partial charge on any atom is -0.465 e. The lowest BCUT2D eigenvalue weighted by molar-refractivity contribution is -0.0824. The first-order valence-electron chi connectivity index (χ1n) is 7.81. The maximum atomic E-state index is 12.5. The van der Waals surface area contributed by atoms with E-state index in [1.54, 1.807) is 6.07 Å². The van der Waals surface area contributed by atoms with E-state index >= 15 is 0 Å². The van der Waals surface area contributed by atoms with Crippen molar-refractivity contribution in [2.75, 3.05) is 23.9 Å². The lowest BCUT2D eigenvalue weighted by Crippen LogP contribution is -2.30. The standard InChI is InChI=1S/C14H21N3O6SSi/c1-3-22-14(23-4-2)25-8-24(20,21)9-5-6-10-11(7-9)16-12(15-10)17-13(18)19/h5-7,14H,3-4,8,25H2,1-2H3,(H,18,19)(H2,15,16,17). The molecule has 0 spiro atoms. The Balaban J connectivity index is 2.16. The van der Waals surface area contributed by atoms with Crippen LogP contribution < -0.4 is 5.32 Å². The van der Waals surface area contributed by atoms with E-state index in [0.717, 1.165) is 0 Å². The van der Waals surface area contributed by atoms with Gasteiger partial charge >= 0.3 is 6.09 Å². The van der Waals surface area contributed by atoms with Crippen LogP contribution in [0.15, 0.2) is 23.1 Å². The van der Waals surface area contributed by atoms with Crippen molar-refractivity contribution in [1.29, 1.82) is 0 Å². The molecule has 0 fully saturated rings. The van der Waals surface area contributed by atoms with Crippen LogP contribution in [0.25, 0.3) is 11.0 Å². The number of carboxylic acid groups (broad SMARTS) is 1. The number of rotatable bonds is 9. The number of fused-ring (bicyclic) bond motifs is 1. The van der Waals surface area contributed by atoms with E-state index in [2.05, 4.69) is 15.3 Å². The summed E-state index contributed by atoms with van der Waals surface area (Å²) >= 11 is 0. The largest absolute Gasteiger partial charge is 0.465 e. The fourth-order valence-electron chi connectivity index (χ4n) is 2.30. The zero-order valence-corrected chi connectivity index (χ0v) is 16.2. The van der Waals surface area contributed by atoms with Gasteiger partial charge < -0.3 is 19.6 Å². The van der Waals surface area contributed by atoms with Crippen LogP contribution in [-0.4, -0.2) is 63.6 Å². The molecule has 0 aliphatic rings. The van der Waals surface area contributed by atoms with E-state index in [4.69, 9.17) is 14.6 Å². The third-order valence-electron chi connectivity index (χ3n) is 3.37. The highest BCUT2D eigenvalue weighted by Gasteiger charge is 2.20. The van der Waals surface area contributed by atoms with E-state index in [1.165, 1.54) is 12.1 Å². The van der Waals surface area contributed by atoms with Crippen molar-refractivity contribution in [2.45, 2.75) is 24.7 Å². The number of aromatic nitrogens is 2. The van der Waals surface area contributed by atoms with Gasteiger partial charge in [0.25, 0.3) is 0 Å². The summed E-state index contributed by atoms with van der Waals surface area (Å²) in [6.45, 7) is 4.61. The molecule has 2 rings (SSSR count). The van der Waals surface area contributed by atoms with Crippen LogP contribution in [0.2, 0.25) is 0 Å². The van der Waals surface area contributed by atoms with Crippen LogP contribution in [0, 0.1) is 0 Å². The number of H-pyrrole nitrogens is 1. The number of hydrogen-bond donors (Lipinski definition) is 3. The van der Waals surface area contributed by atoms with Gasteiger partial charge in [-0.05, 0) is 32.0 Å². The molecule has 0 radical (unpaired) electrons. The van der Waals surface area contributed by atoms with Crippen LogP contribution in [0.3, 0.4) is 0 Å². The third kappa shape index (κ3) is 5.26. The Morgan fingerprint density at radius 1 is 1.36 bits per heavy atom. The van der Waals surface area contributed by atoms with Gasteiger partial charge in [-0.25, -0.2) is 18.2 Å². The van der Waals surface area contributed by atoms with Gasteiger partial charge in [0.05, 0.1) is 15.9 Å². The summed E-state index contributed by atoms with van der Waals surface area (Å²) in [6, 6.07) is 4.47. The molecule has 0 saturated heterocycles. The molecule has 138 valence electrons. The van der Waals surface area contributed by atoms with E-state index < -0.39 is 31.4 Å². The number of hydrogen-bond acceptors (Lipinski definition) is 6. The van der Waals surface area contributed by atoms with E-state index in [-0.39, 0.29) is 16.2 Å². The molecule has 0 atom stereocenters. The highest BCUT2D eigenvalue weighted by atomic mass is 32.2. The molecule has 9 nitrogen and oxygen atoms in total. The van der Waals surface area contributed by atoms with Crippen molar-refractivity contribution < 1.29 is 27.8 Å². The topological polar surface area (TPSA) is 131 Å². The summed E-state index contributed by atoms with van der Waals surface area (Å²) in [5.41, 5.74) is 0.916. The number of imidazole rings is 1. The molecule has 0 aliphatic carbocycles. The van der Waals surface area contributed by atoms with E-state index in [1.807, 2.05) is 13.8 Å². The number of amides is 1. The molecule has 0 bridgehead atoms. The first-order chi connectivity index (χ1) is 11.9. The van der Waals surface area contributed by atoms with Gasteiger partial charge in [-0.2, -0.15) is 0 Å². The van der Waals surface area contributed by atoms with Gasteiger partial charge in [-0.1, -0.05) is 0 Å². The average Bonchev–Trinajstić information content (AvgIpc) is 2.93. The van der Waals surface area contributed by atoms with Crippen molar-refractivity contribution in [3.63, 3.8) is 0 Å². The number of anilines is 1. The Morgan fingerprint density at radius 2 is 2.04 bits per heavy atom. The molecule has 1 amide bonds.